The molecule has 0 aliphatic heterocycles. The van der Waals surface area contributed by atoms with Crippen LogP contribution >= 0.6 is 0 Å². The van der Waals surface area contributed by atoms with Crippen molar-refractivity contribution in [2.24, 2.45) is 0 Å². The van der Waals surface area contributed by atoms with Crippen LogP contribution < -0.4 is 0 Å². The van der Waals surface area contributed by atoms with E-state index < -0.39 is 16.1 Å². The molecular weight excluding hydrogens is 240 g/mol. The molecule has 0 aliphatic rings. The van der Waals surface area contributed by atoms with Crippen LogP contribution in [0.5, 0.6) is 0 Å². The molecule has 0 spiro atoms. The molecule has 0 aliphatic carbocycles. The average Bonchev–Trinajstić information content (AvgIpc) is 2.26. The average molecular weight is 250 g/mol. The van der Waals surface area contributed by atoms with Gasteiger partial charge in [0.1, 0.15) is 0 Å². The van der Waals surface area contributed by atoms with Crippen molar-refractivity contribution in [3.63, 3.8) is 0 Å². The van der Waals surface area contributed by atoms with Crippen molar-refractivity contribution in [2.75, 3.05) is 6.26 Å². The maximum absolute atomic E-state index is 11.7. The van der Waals surface area contributed by atoms with Crippen molar-refractivity contribution >= 4 is 26.9 Å². The van der Waals surface area contributed by atoms with Gasteiger partial charge in [-0.15, -0.1) is 0 Å². The Balaban J connectivity index is 2.52. The van der Waals surface area contributed by atoms with Gasteiger partial charge in [-0.3, -0.25) is 0 Å². The molecule has 2 rings (SSSR count). The molecule has 0 unspecified atom stereocenters. The Hall–Kier alpha value is -1.88. The van der Waals surface area contributed by atoms with E-state index in [4.69, 9.17) is 0 Å². The summed E-state index contributed by atoms with van der Waals surface area (Å²) in [5, 5.41) is 1.53. The molecule has 0 amide bonds. The molecule has 5 heteroatoms. The lowest BCUT2D eigenvalue weighted by molar-refractivity contribution is 0.0750. The van der Waals surface area contributed by atoms with Gasteiger partial charge in [-0.2, -0.15) is 8.42 Å². The van der Waals surface area contributed by atoms with E-state index in [0.29, 0.717) is 5.39 Å². The zero-order valence-electron chi connectivity index (χ0n) is 9.08. The number of benzene rings is 2. The van der Waals surface area contributed by atoms with Crippen molar-refractivity contribution in [1.82, 2.24) is 0 Å². The zero-order chi connectivity index (χ0) is 12.5. The molecule has 0 bridgehead atoms. The molecular formula is C12H10O4S. The van der Waals surface area contributed by atoms with Gasteiger partial charge in [0.05, 0.1) is 11.8 Å². The van der Waals surface area contributed by atoms with Crippen molar-refractivity contribution in [2.45, 2.75) is 0 Å². The van der Waals surface area contributed by atoms with Crippen LogP contribution in [0.4, 0.5) is 0 Å². The van der Waals surface area contributed by atoms with Gasteiger partial charge in [-0.25, -0.2) is 4.79 Å². The van der Waals surface area contributed by atoms with Gasteiger partial charge in [-0.1, -0.05) is 36.4 Å². The van der Waals surface area contributed by atoms with Crippen LogP contribution in [0.1, 0.15) is 10.4 Å². The maximum Gasteiger partial charge on any atom is 0.354 e. The topological polar surface area (TPSA) is 60.4 Å². The lowest BCUT2D eigenvalue weighted by Gasteiger charge is -2.05. The quantitative estimate of drug-likeness (QED) is 0.764. The number of fused-ring (bicyclic) bond motifs is 1. The fourth-order valence-corrected chi connectivity index (χ4v) is 1.95. The van der Waals surface area contributed by atoms with Gasteiger partial charge in [0.2, 0.25) is 0 Å². The van der Waals surface area contributed by atoms with Crippen molar-refractivity contribution in [3.05, 3.63) is 48.0 Å². The summed E-state index contributed by atoms with van der Waals surface area (Å²) in [6.07, 6.45) is 0.843. The molecule has 0 aromatic heterocycles. The van der Waals surface area contributed by atoms with Crippen LogP contribution in [-0.4, -0.2) is 20.6 Å². The summed E-state index contributed by atoms with van der Waals surface area (Å²) in [6, 6.07) is 12.3. The van der Waals surface area contributed by atoms with Crippen LogP contribution in [0, 0.1) is 0 Å². The predicted molar refractivity (Wildman–Crippen MR) is 64.2 cm³/mol. The predicted octanol–water partition coefficient (Wildman–Crippen LogP) is 1.96. The Morgan fingerprint density at radius 3 is 2.41 bits per heavy atom. The van der Waals surface area contributed by atoms with E-state index in [-0.39, 0.29) is 5.56 Å². The van der Waals surface area contributed by atoms with Gasteiger partial charge in [-0.05, 0) is 16.8 Å². The van der Waals surface area contributed by atoms with Gasteiger partial charge in [0.15, 0.2) is 0 Å². The lowest BCUT2D eigenvalue weighted by atomic mass is 10.1. The smallest absolute Gasteiger partial charge is 0.341 e. The van der Waals surface area contributed by atoms with E-state index in [9.17, 15) is 13.2 Å². The SMILES string of the molecule is CS(=O)(=O)OC(=O)c1cccc2ccccc12. The minimum atomic E-state index is -3.79. The van der Waals surface area contributed by atoms with Gasteiger partial charge >= 0.3 is 16.1 Å². The summed E-state index contributed by atoms with van der Waals surface area (Å²) in [4.78, 5) is 11.7. The molecule has 0 N–H and O–H groups in total. The third-order valence-corrected chi connectivity index (χ3v) is 2.69. The van der Waals surface area contributed by atoms with E-state index in [2.05, 4.69) is 4.18 Å². The minimum absolute atomic E-state index is 0.244. The highest BCUT2D eigenvalue weighted by Crippen LogP contribution is 2.19. The normalized spacial score (nSPS) is 11.4. The fraction of sp³-hybridized carbons (Fsp3) is 0.0833. The van der Waals surface area contributed by atoms with Gasteiger partial charge in [0, 0.05) is 0 Å². The summed E-state index contributed by atoms with van der Waals surface area (Å²) >= 11 is 0. The number of carbonyl (C=O) groups is 1. The first-order valence-electron chi connectivity index (χ1n) is 4.89. The van der Waals surface area contributed by atoms with Crippen LogP contribution in [0.15, 0.2) is 42.5 Å². The molecule has 2 aromatic rings. The van der Waals surface area contributed by atoms with E-state index in [1.165, 1.54) is 6.07 Å². The Kier molecular flexibility index (Phi) is 2.85. The van der Waals surface area contributed by atoms with E-state index in [1.54, 1.807) is 18.2 Å². The summed E-state index contributed by atoms with van der Waals surface area (Å²) < 4.78 is 26.2. The van der Waals surface area contributed by atoms with Crippen molar-refractivity contribution in [3.8, 4) is 0 Å². The molecule has 0 saturated heterocycles. The molecule has 88 valence electrons. The first kappa shape index (κ1) is 11.6. The highest BCUT2D eigenvalue weighted by Gasteiger charge is 2.15. The second-order valence-corrected chi connectivity index (χ2v) is 5.18. The number of hydrogen-bond donors (Lipinski definition) is 0. The first-order chi connectivity index (χ1) is 7.97. The van der Waals surface area contributed by atoms with Crippen molar-refractivity contribution < 1.29 is 17.4 Å². The molecule has 0 atom stereocenters. The third-order valence-electron chi connectivity index (χ3n) is 2.24. The summed E-state index contributed by atoms with van der Waals surface area (Å²) in [5.41, 5.74) is 0.244. The van der Waals surface area contributed by atoms with Crippen LogP contribution in [0.25, 0.3) is 10.8 Å². The second kappa shape index (κ2) is 4.18. The molecule has 0 fully saturated rings. The molecule has 17 heavy (non-hydrogen) atoms. The van der Waals surface area contributed by atoms with E-state index in [1.807, 2.05) is 18.2 Å². The Labute approximate surface area is 99.0 Å². The summed E-state index contributed by atoms with van der Waals surface area (Å²) in [5.74, 6) is -0.857. The molecule has 2 aromatic carbocycles. The summed E-state index contributed by atoms with van der Waals surface area (Å²) in [6.45, 7) is 0. The third kappa shape index (κ3) is 2.62. The maximum atomic E-state index is 11.7. The van der Waals surface area contributed by atoms with Crippen LogP contribution in [0.2, 0.25) is 0 Å². The molecule has 0 radical (unpaired) electrons. The molecule has 0 saturated carbocycles. The summed E-state index contributed by atoms with van der Waals surface area (Å²) in [7, 11) is -3.79. The van der Waals surface area contributed by atoms with Crippen LogP contribution in [0.3, 0.4) is 0 Å². The number of hydrogen-bond acceptors (Lipinski definition) is 4. The zero-order valence-corrected chi connectivity index (χ0v) is 9.90. The fourth-order valence-electron chi connectivity index (χ4n) is 1.59. The second-order valence-electron chi connectivity index (χ2n) is 3.60. The lowest BCUT2D eigenvalue weighted by Crippen LogP contribution is -2.11. The van der Waals surface area contributed by atoms with Crippen molar-refractivity contribution in [1.29, 1.82) is 0 Å². The van der Waals surface area contributed by atoms with E-state index >= 15 is 0 Å². The minimum Gasteiger partial charge on any atom is -0.341 e. The van der Waals surface area contributed by atoms with Gasteiger partial charge in [0.25, 0.3) is 0 Å². The monoisotopic (exact) mass is 250 g/mol. The first-order valence-corrected chi connectivity index (χ1v) is 6.70. The standard InChI is InChI=1S/C12H10O4S/c1-17(14,15)16-12(13)11-8-4-6-9-5-2-3-7-10(9)11/h2-8H,1H3. The molecule has 0 heterocycles. The highest BCUT2D eigenvalue weighted by atomic mass is 32.2. The Morgan fingerprint density at radius 2 is 1.71 bits per heavy atom. The molecule has 4 nitrogen and oxygen atoms in total. The van der Waals surface area contributed by atoms with Crippen LogP contribution in [-0.2, 0) is 14.3 Å². The largest absolute Gasteiger partial charge is 0.354 e. The highest BCUT2D eigenvalue weighted by molar-refractivity contribution is 7.86. The Morgan fingerprint density at radius 1 is 1.06 bits per heavy atom. The Bertz CT molecular complexity index is 668. The van der Waals surface area contributed by atoms with Gasteiger partial charge < -0.3 is 4.18 Å². The number of rotatable bonds is 2. The number of carbonyl (C=O) groups excluding carboxylic acids is 1. The van der Waals surface area contributed by atoms with E-state index in [0.717, 1.165) is 11.6 Å².